The van der Waals surface area contributed by atoms with Gasteiger partial charge in [0.05, 0.1) is 0 Å². The van der Waals surface area contributed by atoms with Crippen LogP contribution in [0.4, 0.5) is 8.78 Å². The summed E-state index contributed by atoms with van der Waals surface area (Å²) in [5, 5.41) is 2.76. The SMILES string of the molecule is O=C(NCC1CC1)c1cccc(OC(F)F)c1. The van der Waals surface area contributed by atoms with E-state index in [0.717, 1.165) is 12.8 Å². The molecule has 0 aromatic heterocycles. The molecule has 17 heavy (non-hydrogen) atoms. The minimum absolute atomic E-state index is 0.000859. The highest BCUT2D eigenvalue weighted by molar-refractivity contribution is 5.94. The molecule has 1 amide bonds. The molecule has 1 aliphatic carbocycles. The molecule has 92 valence electrons. The second-order valence-electron chi connectivity index (χ2n) is 4.06. The summed E-state index contributed by atoms with van der Waals surface area (Å²) in [6.45, 7) is -2.22. The molecule has 1 saturated carbocycles. The van der Waals surface area contributed by atoms with E-state index < -0.39 is 6.61 Å². The van der Waals surface area contributed by atoms with Crippen molar-refractivity contribution >= 4 is 5.91 Å². The van der Waals surface area contributed by atoms with Crippen LogP contribution in [0.2, 0.25) is 0 Å². The van der Waals surface area contributed by atoms with Crippen LogP contribution < -0.4 is 10.1 Å². The van der Waals surface area contributed by atoms with Crippen molar-refractivity contribution in [3.8, 4) is 5.75 Å². The molecule has 0 radical (unpaired) electrons. The van der Waals surface area contributed by atoms with E-state index in [0.29, 0.717) is 18.0 Å². The number of carbonyl (C=O) groups is 1. The predicted octanol–water partition coefficient (Wildman–Crippen LogP) is 2.43. The third-order valence-electron chi connectivity index (χ3n) is 2.57. The summed E-state index contributed by atoms with van der Waals surface area (Å²) in [6.07, 6.45) is 2.30. The van der Waals surface area contributed by atoms with E-state index in [4.69, 9.17) is 0 Å². The Bertz CT molecular complexity index is 405. The summed E-state index contributed by atoms with van der Waals surface area (Å²) < 4.78 is 28.2. The van der Waals surface area contributed by atoms with Gasteiger partial charge in [-0.05, 0) is 37.0 Å². The summed E-state index contributed by atoms with van der Waals surface area (Å²) in [5.74, 6) is 0.329. The zero-order valence-corrected chi connectivity index (χ0v) is 9.16. The minimum Gasteiger partial charge on any atom is -0.435 e. The quantitative estimate of drug-likeness (QED) is 0.859. The Hall–Kier alpha value is -1.65. The fourth-order valence-electron chi connectivity index (χ4n) is 1.47. The Morgan fingerprint density at radius 1 is 1.47 bits per heavy atom. The molecule has 1 aromatic rings. The van der Waals surface area contributed by atoms with Gasteiger partial charge >= 0.3 is 6.61 Å². The average Bonchev–Trinajstić information content (AvgIpc) is 3.09. The van der Waals surface area contributed by atoms with Crippen molar-refractivity contribution < 1.29 is 18.3 Å². The van der Waals surface area contributed by atoms with Crippen molar-refractivity contribution in [1.82, 2.24) is 5.32 Å². The van der Waals surface area contributed by atoms with Gasteiger partial charge in [0.25, 0.3) is 5.91 Å². The fourth-order valence-corrected chi connectivity index (χ4v) is 1.47. The number of alkyl halides is 2. The predicted molar refractivity (Wildman–Crippen MR) is 58.1 cm³/mol. The van der Waals surface area contributed by atoms with Crippen LogP contribution in [0.15, 0.2) is 24.3 Å². The normalized spacial score (nSPS) is 14.8. The van der Waals surface area contributed by atoms with Gasteiger partial charge in [0.1, 0.15) is 5.75 Å². The Labute approximate surface area is 97.8 Å². The average molecular weight is 241 g/mol. The first-order chi connectivity index (χ1) is 8.15. The number of benzene rings is 1. The van der Waals surface area contributed by atoms with Crippen LogP contribution in [-0.2, 0) is 0 Å². The van der Waals surface area contributed by atoms with E-state index in [9.17, 15) is 13.6 Å². The maximum absolute atomic E-state index is 12.0. The Morgan fingerprint density at radius 3 is 2.88 bits per heavy atom. The van der Waals surface area contributed by atoms with E-state index in [1.54, 1.807) is 6.07 Å². The van der Waals surface area contributed by atoms with Crippen LogP contribution in [0.5, 0.6) is 5.75 Å². The Kier molecular flexibility index (Phi) is 3.56. The van der Waals surface area contributed by atoms with Gasteiger partial charge in [-0.2, -0.15) is 8.78 Å². The van der Waals surface area contributed by atoms with Gasteiger partial charge in [0.2, 0.25) is 0 Å². The third-order valence-corrected chi connectivity index (χ3v) is 2.57. The summed E-state index contributed by atoms with van der Waals surface area (Å²) in [6, 6.07) is 5.79. The number of hydrogen-bond acceptors (Lipinski definition) is 2. The molecule has 1 fully saturated rings. The topological polar surface area (TPSA) is 38.3 Å². The van der Waals surface area contributed by atoms with Crippen molar-refractivity contribution in [1.29, 1.82) is 0 Å². The Balaban J connectivity index is 1.95. The standard InChI is InChI=1S/C12H13F2NO2/c13-12(14)17-10-3-1-2-9(6-10)11(16)15-7-8-4-5-8/h1-3,6,8,12H,4-5,7H2,(H,15,16). The first kappa shape index (κ1) is 11.8. The number of hydrogen-bond donors (Lipinski definition) is 1. The number of nitrogens with one attached hydrogen (secondary N) is 1. The van der Waals surface area contributed by atoms with Crippen molar-refractivity contribution in [2.45, 2.75) is 19.5 Å². The van der Waals surface area contributed by atoms with Crippen molar-refractivity contribution in [2.75, 3.05) is 6.54 Å². The number of rotatable bonds is 5. The number of halogens is 2. The van der Waals surface area contributed by atoms with Crippen LogP contribution in [0.3, 0.4) is 0 Å². The summed E-state index contributed by atoms with van der Waals surface area (Å²) >= 11 is 0. The van der Waals surface area contributed by atoms with Gasteiger partial charge in [-0.25, -0.2) is 0 Å². The molecule has 0 atom stereocenters. The van der Waals surface area contributed by atoms with Gasteiger partial charge in [0.15, 0.2) is 0 Å². The molecule has 0 bridgehead atoms. The number of amides is 1. The van der Waals surface area contributed by atoms with Crippen LogP contribution in [0.25, 0.3) is 0 Å². The third kappa shape index (κ3) is 3.69. The minimum atomic E-state index is -2.88. The van der Waals surface area contributed by atoms with Crippen molar-refractivity contribution in [3.05, 3.63) is 29.8 Å². The van der Waals surface area contributed by atoms with Gasteiger partial charge in [-0.15, -0.1) is 0 Å². The van der Waals surface area contributed by atoms with Gasteiger partial charge < -0.3 is 10.1 Å². The molecule has 1 aromatic carbocycles. The number of ether oxygens (including phenoxy) is 1. The van der Waals surface area contributed by atoms with E-state index in [1.165, 1.54) is 18.2 Å². The highest BCUT2D eigenvalue weighted by atomic mass is 19.3. The van der Waals surface area contributed by atoms with Crippen molar-refractivity contribution in [2.24, 2.45) is 5.92 Å². The van der Waals surface area contributed by atoms with E-state index in [-0.39, 0.29) is 11.7 Å². The highest BCUT2D eigenvalue weighted by Gasteiger charge is 2.21. The van der Waals surface area contributed by atoms with E-state index >= 15 is 0 Å². The lowest BCUT2D eigenvalue weighted by Crippen LogP contribution is -2.25. The zero-order chi connectivity index (χ0) is 12.3. The first-order valence-corrected chi connectivity index (χ1v) is 5.48. The van der Waals surface area contributed by atoms with Gasteiger partial charge in [-0.3, -0.25) is 4.79 Å². The second-order valence-corrected chi connectivity index (χ2v) is 4.06. The van der Waals surface area contributed by atoms with E-state index in [2.05, 4.69) is 10.1 Å². The molecule has 0 spiro atoms. The van der Waals surface area contributed by atoms with Gasteiger partial charge in [-0.1, -0.05) is 6.07 Å². The molecular weight excluding hydrogens is 228 g/mol. The lowest BCUT2D eigenvalue weighted by Gasteiger charge is -2.07. The highest BCUT2D eigenvalue weighted by Crippen LogP contribution is 2.27. The molecule has 5 heteroatoms. The molecule has 0 unspecified atom stereocenters. The second kappa shape index (κ2) is 5.12. The van der Waals surface area contributed by atoms with Crippen LogP contribution in [-0.4, -0.2) is 19.1 Å². The monoisotopic (exact) mass is 241 g/mol. The molecular formula is C12H13F2NO2. The zero-order valence-electron chi connectivity index (χ0n) is 9.16. The lowest BCUT2D eigenvalue weighted by molar-refractivity contribution is -0.0498. The molecule has 3 nitrogen and oxygen atoms in total. The summed E-state index contributed by atoms with van der Waals surface area (Å²) in [4.78, 5) is 11.7. The molecule has 0 aliphatic heterocycles. The maximum atomic E-state index is 12.0. The molecule has 0 saturated heterocycles. The Morgan fingerprint density at radius 2 is 2.24 bits per heavy atom. The smallest absolute Gasteiger partial charge is 0.387 e. The van der Waals surface area contributed by atoms with E-state index in [1.807, 2.05) is 0 Å². The van der Waals surface area contributed by atoms with Crippen molar-refractivity contribution in [3.63, 3.8) is 0 Å². The molecule has 1 N–H and O–H groups in total. The number of carbonyl (C=O) groups excluding carboxylic acids is 1. The van der Waals surface area contributed by atoms with Gasteiger partial charge in [0, 0.05) is 12.1 Å². The molecule has 2 rings (SSSR count). The van der Waals surface area contributed by atoms with Crippen LogP contribution in [0, 0.1) is 5.92 Å². The molecule has 1 aliphatic rings. The maximum Gasteiger partial charge on any atom is 0.387 e. The largest absolute Gasteiger partial charge is 0.435 e. The lowest BCUT2D eigenvalue weighted by atomic mass is 10.2. The van der Waals surface area contributed by atoms with Crippen LogP contribution in [0.1, 0.15) is 23.2 Å². The molecule has 0 heterocycles. The fraction of sp³-hybridized carbons (Fsp3) is 0.417. The first-order valence-electron chi connectivity index (χ1n) is 5.48. The van der Waals surface area contributed by atoms with Crippen LogP contribution >= 0.6 is 0 Å². The summed E-state index contributed by atoms with van der Waals surface area (Å²) in [7, 11) is 0. The summed E-state index contributed by atoms with van der Waals surface area (Å²) in [5.41, 5.74) is 0.337.